The van der Waals surface area contributed by atoms with Crippen molar-refractivity contribution in [1.29, 1.82) is 0 Å². The highest BCUT2D eigenvalue weighted by Crippen LogP contribution is 2.33. The Bertz CT molecular complexity index is 593. The molecule has 0 aromatic carbocycles. The molecule has 0 saturated carbocycles. The molecule has 2 heterocycles. The van der Waals surface area contributed by atoms with Gasteiger partial charge in [-0.3, -0.25) is 10.1 Å². The van der Waals surface area contributed by atoms with E-state index in [-0.39, 0.29) is 21.9 Å². The van der Waals surface area contributed by atoms with E-state index in [1.54, 1.807) is 13.8 Å². The Morgan fingerprint density at radius 2 is 2.17 bits per heavy atom. The summed E-state index contributed by atoms with van der Waals surface area (Å²) in [5.74, 6) is 0.616. The standard InChI is InChI=1S/C9H9N5O3S/c1-4-5(2)17-9(12-4)18-7-6(14(15)16)3-11-8(10)13-7/h3H,1-2H3,(H2,10,11,13). The number of aromatic nitrogens is 3. The zero-order chi connectivity index (χ0) is 13.3. The molecule has 2 aromatic rings. The van der Waals surface area contributed by atoms with Crippen LogP contribution in [0.3, 0.4) is 0 Å². The van der Waals surface area contributed by atoms with Crippen LogP contribution in [0.2, 0.25) is 0 Å². The minimum absolute atomic E-state index is 0.0388. The van der Waals surface area contributed by atoms with Gasteiger partial charge >= 0.3 is 5.69 Å². The molecule has 0 aliphatic carbocycles. The van der Waals surface area contributed by atoms with Gasteiger partial charge < -0.3 is 10.2 Å². The molecule has 0 saturated heterocycles. The minimum atomic E-state index is -0.579. The van der Waals surface area contributed by atoms with E-state index in [9.17, 15) is 10.1 Å². The van der Waals surface area contributed by atoms with Gasteiger partial charge in [0.1, 0.15) is 12.0 Å². The molecule has 0 aliphatic rings. The molecule has 2 aromatic heterocycles. The lowest BCUT2D eigenvalue weighted by Gasteiger charge is -1.99. The van der Waals surface area contributed by atoms with Crippen molar-refractivity contribution in [3.8, 4) is 0 Å². The fourth-order valence-electron chi connectivity index (χ4n) is 1.14. The van der Waals surface area contributed by atoms with Crippen LogP contribution in [0.25, 0.3) is 0 Å². The Morgan fingerprint density at radius 3 is 2.72 bits per heavy atom. The first-order valence-electron chi connectivity index (χ1n) is 4.86. The zero-order valence-corrected chi connectivity index (χ0v) is 10.4. The van der Waals surface area contributed by atoms with Crippen molar-refractivity contribution in [2.24, 2.45) is 0 Å². The van der Waals surface area contributed by atoms with Crippen molar-refractivity contribution in [1.82, 2.24) is 15.0 Å². The molecule has 0 aliphatic heterocycles. The third-order valence-corrected chi connectivity index (χ3v) is 2.99. The van der Waals surface area contributed by atoms with Crippen molar-refractivity contribution >= 4 is 23.4 Å². The number of nitrogens with zero attached hydrogens (tertiary/aromatic N) is 4. The Morgan fingerprint density at radius 1 is 1.44 bits per heavy atom. The van der Waals surface area contributed by atoms with Crippen LogP contribution in [0.15, 0.2) is 20.9 Å². The molecule has 0 unspecified atom stereocenters. The van der Waals surface area contributed by atoms with Crippen LogP contribution in [0.1, 0.15) is 11.5 Å². The lowest BCUT2D eigenvalue weighted by molar-refractivity contribution is -0.388. The lowest BCUT2D eigenvalue weighted by atomic mass is 10.4. The first-order valence-corrected chi connectivity index (χ1v) is 5.68. The molecule has 0 atom stereocenters. The van der Waals surface area contributed by atoms with E-state index in [1.165, 1.54) is 0 Å². The second-order valence-corrected chi connectivity index (χ2v) is 4.34. The molecule has 9 heteroatoms. The van der Waals surface area contributed by atoms with Crippen LogP contribution in [-0.2, 0) is 0 Å². The predicted molar refractivity (Wildman–Crippen MR) is 63.2 cm³/mol. The van der Waals surface area contributed by atoms with Crippen LogP contribution in [-0.4, -0.2) is 19.9 Å². The molecule has 18 heavy (non-hydrogen) atoms. The summed E-state index contributed by atoms with van der Waals surface area (Å²) in [6.45, 7) is 3.54. The van der Waals surface area contributed by atoms with Crippen LogP contribution < -0.4 is 5.73 Å². The number of aryl methyl sites for hydroxylation is 2. The molecule has 0 amide bonds. The highest BCUT2D eigenvalue weighted by Gasteiger charge is 2.20. The summed E-state index contributed by atoms with van der Waals surface area (Å²) in [7, 11) is 0. The van der Waals surface area contributed by atoms with Crippen LogP contribution in [0.4, 0.5) is 11.6 Å². The van der Waals surface area contributed by atoms with E-state index >= 15 is 0 Å². The maximum absolute atomic E-state index is 10.8. The Labute approximate surface area is 106 Å². The van der Waals surface area contributed by atoms with E-state index in [0.717, 1.165) is 23.7 Å². The third kappa shape index (κ3) is 2.40. The molecule has 8 nitrogen and oxygen atoms in total. The van der Waals surface area contributed by atoms with Gasteiger partial charge in [-0.2, -0.15) is 4.98 Å². The first kappa shape index (κ1) is 12.3. The van der Waals surface area contributed by atoms with Gasteiger partial charge in [0.25, 0.3) is 5.22 Å². The molecule has 0 spiro atoms. The number of oxazole rings is 1. The Kier molecular flexibility index (Phi) is 3.15. The van der Waals surface area contributed by atoms with E-state index in [2.05, 4.69) is 15.0 Å². The van der Waals surface area contributed by atoms with Gasteiger partial charge in [0.05, 0.1) is 10.6 Å². The summed E-state index contributed by atoms with van der Waals surface area (Å²) in [5.41, 5.74) is 5.90. The van der Waals surface area contributed by atoms with Gasteiger partial charge in [-0.25, -0.2) is 9.97 Å². The second-order valence-electron chi connectivity index (χ2n) is 3.40. The lowest BCUT2D eigenvalue weighted by Crippen LogP contribution is -2.00. The van der Waals surface area contributed by atoms with Crippen molar-refractivity contribution in [3.63, 3.8) is 0 Å². The molecular formula is C9H9N5O3S. The molecule has 94 valence electrons. The second kappa shape index (κ2) is 4.61. The van der Waals surface area contributed by atoms with E-state index < -0.39 is 4.92 Å². The zero-order valence-electron chi connectivity index (χ0n) is 9.58. The van der Waals surface area contributed by atoms with Crippen molar-refractivity contribution in [3.05, 3.63) is 27.8 Å². The summed E-state index contributed by atoms with van der Waals surface area (Å²) in [6.07, 6.45) is 1.06. The van der Waals surface area contributed by atoms with Crippen LogP contribution in [0, 0.1) is 24.0 Å². The van der Waals surface area contributed by atoms with Crippen molar-refractivity contribution < 1.29 is 9.34 Å². The highest BCUT2D eigenvalue weighted by molar-refractivity contribution is 7.99. The van der Waals surface area contributed by atoms with Gasteiger partial charge in [-0.1, -0.05) is 0 Å². The smallest absolute Gasteiger partial charge is 0.320 e. The fourth-order valence-corrected chi connectivity index (χ4v) is 2.03. The average molecular weight is 267 g/mol. The number of nitrogens with two attached hydrogens (primary N) is 1. The molecular weight excluding hydrogens is 258 g/mol. The number of rotatable bonds is 3. The topological polar surface area (TPSA) is 121 Å². The first-order chi connectivity index (χ1) is 8.47. The molecule has 2 N–H and O–H groups in total. The van der Waals surface area contributed by atoms with Gasteiger partial charge in [-0.05, 0) is 25.6 Å². The minimum Gasteiger partial charge on any atom is -0.436 e. The number of nitro groups is 1. The third-order valence-electron chi connectivity index (χ3n) is 2.14. The Balaban J connectivity index is 2.38. The Hall–Kier alpha value is -2.16. The SMILES string of the molecule is Cc1nc(Sc2nc(N)ncc2[N+](=O)[O-])oc1C. The van der Waals surface area contributed by atoms with Gasteiger partial charge in [0, 0.05) is 0 Å². The molecule has 0 radical (unpaired) electrons. The van der Waals surface area contributed by atoms with Crippen LogP contribution in [0.5, 0.6) is 0 Å². The number of anilines is 1. The maximum atomic E-state index is 10.8. The normalized spacial score (nSPS) is 10.6. The number of hydrogen-bond donors (Lipinski definition) is 1. The highest BCUT2D eigenvalue weighted by atomic mass is 32.2. The van der Waals surface area contributed by atoms with Gasteiger partial charge in [-0.15, -0.1) is 0 Å². The summed E-state index contributed by atoms with van der Waals surface area (Å²) >= 11 is 0.941. The number of hydrogen-bond acceptors (Lipinski definition) is 8. The van der Waals surface area contributed by atoms with E-state index in [4.69, 9.17) is 10.2 Å². The van der Waals surface area contributed by atoms with E-state index in [0.29, 0.717) is 5.76 Å². The summed E-state index contributed by atoms with van der Waals surface area (Å²) in [4.78, 5) is 21.7. The number of nitrogen functional groups attached to an aromatic ring is 1. The van der Waals surface area contributed by atoms with Gasteiger partial charge in [0.15, 0.2) is 5.03 Å². The monoisotopic (exact) mass is 267 g/mol. The van der Waals surface area contributed by atoms with Crippen molar-refractivity contribution in [2.45, 2.75) is 24.1 Å². The summed E-state index contributed by atoms with van der Waals surface area (Å²) in [6, 6.07) is 0. The van der Waals surface area contributed by atoms with E-state index in [1.807, 2.05) is 0 Å². The molecule has 0 fully saturated rings. The van der Waals surface area contributed by atoms with Gasteiger partial charge in [0.2, 0.25) is 5.95 Å². The molecule has 2 rings (SSSR count). The fraction of sp³-hybridized carbons (Fsp3) is 0.222. The quantitative estimate of drug-likeness (QED) is 0.506. The predicted octanol–water partition coefficient (Wildman–Crippen LogP) is 1.72. The summed E-state index contributed by atoms with van der Waals surface area (Å²) in [5, 5.41) is 11.2. The van der Waals surface area contributed by atoms with Crippen LogP contribution >= 0.6 is 11.8 Å². The largest absolute Gasteiger partial charge is 0.436 e. The average Bonchev–Trinajstić information content (AvgIpc) is 2.57. The maximum Gasteiger partial charge on any atom is 0.320 e. The van der Waals surface area contributed by atoms with Crippen molar-refractivity contribution in [2.75, 3.05) is 5.73 Å². The molecule has 0 bridgehead atoms. The summed E-state index contributed by atoms with van der Waals surface area (Å²) < 4.78 is 5.32.